The highest BCUT2D eigenvalue weighted by atomic mass is 32.2. The number of hydrogen-bond donors (Lipinski definition) is 1. The van der Waals surface area contributed by atoms with Crippen LogP contribution in [0.5, 0.6) is 0 Å². The van der Waals surface area contributed by atoms with E-state index in [0.29, 0.717) is 5.89 Å². The molecule has 1 aromatic heterocycles. The highest BCUT2D eigenvalue weighted by Crippen LogP contribution is 2.26. The Kier molecular flexibility index (Phi) is 5.34. The van der Waals surface area contributed by atoms with Crippen LogP contribution in [0, 0.1) is 0 Å². The first-order chi connectivity index (χ1) is 12.8. The van der Waals surface area contributed by atoms with Gasteiger partial charge in [0.05, 0.1) is 6.04 Å². The quantitative estimate of drug-likeness (QED) is 0.696. The molecule has 0 amide bonds. The molecular weight excluding hydrogens is 344 g/mol. The van der Waals surface area contributed by atoms with Crippen LogP contribution in [0.2, 0.25) is 0 Å². The summed E-state index contributed by atoms with van der Waals surface area (Å²) >= 11 is 1.83. The number of thioether (sulfide) groups is 1. The first-order valence-corrected chi connectivity index (χ1v) is 9.80. The molecule has 0 spiro atoms. The number of nitrogens with one attached hydrogen (secondary N) is 1. The van der Waals surface area contributed by atoms with Gasteiger partial charge in [-0.15, -0.1) is 11.8 Å². The zero-order valence-electron chi connectivity index (χ0n) is 14.8. The van der Waals surface area contributed by atoms with E-state index in [1.807, 2.05) is 17.8 Å². The molecule has 2 aromatic carbocycles. The summed E-state index contributed by atoms with van der Waals surface area (Å²) in [5, 5.41) is 7.58. The SMILES string of the molecule is CN1CCNCC1c1noc(-c2ccc(CSc3ccccc3)cc2)n1. The minimum Gasteiger partial charge on any atom is -0.334 e. The lowest BCUT2D eigenvalue weighted by Gasteiger charge is -2.30. The Balaban J connectivity index is 1.42. The van der Waals surface area contributed by atoms with Gasteiger partial charge in [-0.1, -0.05) is 35.5 Å². The smallest absolute Gasteiger partial charge is 0.257 e. The highest BCUT2D eigenvalue weighted by Gasteiger charge is 2.25. The number of piperazine rings is 1. The van der Waals surface area contributed by atoms with Crippen molar-refractivity contribution >= 4 is 11.8 Å². The molecule has 2 heterocycles. The van der Waals surface area contributed by atoms with Crippen molar-refractivity contribution in [3.63, 3.8) is 0 Å². The van der Waals surface area contributed by atoms with Crippen LogP contribution >= 0.6 is 11.8 Å². The van der Waals surface area contributed by atoms with Gasteiger partial charge in [0.15, 0.2) is 5.82 Å². The molecule has 0 radical (unpaired) electrons. The zero-order chi connectivity index (χ0) is 17.8. The topological polar surface area (TPSA) is 54.2 Å². The van der Waals surface area contributed by atoms with Crippen molar-refractivity contribution in [2.75, 3.05) is 26.7 Å². The average Bonchev–Trinajstić information content (AvgIpc) is 3.18. The van der Waals surface area contributed by atoms with Gasteiger partial charge >= 0.3 is 0 Å². The average molecular weight is 366 g/mol. The van der Waals surface area contributed by atoms with Gasteiger partial charge in [0.25, 0.3) is 5.89 Å². The Hall–Kier alpha value is -2.15. The molecule has 0 bridgehead atoms. The second kappa shape index (κ2) is 8.03. The fourth-order valence-corrected chi connectivity index (χ4v) is 3.88. The molecule has 1 fully saturated rings. The Morgan fingerprint density at radius 1 is 1.15 bits per heavy atom. The fourth-order valence-electron chi connectivity index (χ4n) is 3.01. The lowest BCUT2D eigenvalue weighted by Crippen LogP contribution is -2.44. The summed E-state index contributed by atoms with van der Waals surface area (Å²) in [5.41, 5.74) is 2.24. The number of hydrogen-bond acceptors (Lipinski definition) is 6. The number of aromatic nitrogens is 2. The summed E-state index contributed by atoms with van der Waals surface area (Å²) in [4.78, 5) is 8.15. The maximum absolute atomic E-state index is 5.50. The van der Waals surface area contributed by atoms with E-state index < -0.39 is 0 Å². The van der Waals surface area contributed by atoms with E-state index in [1.54, 1.807) is 0 Å². The molecule has 3 aromatic rings. The fraction of sp³-hybridized carbons (Fsp3) is 0.300. The molecule has 1 saturated heterocycles. The first kappa shape index (κ1) is 17.3. The predicted molar refractivity (Wildman–Crippen MR) is 104 cm³/mol. The standard InChI is InChI=1S/C20H22N4OS/c1-24-12-11-21-13-18(24)19-22-20(25-23-19)16-9-7-15(8-10-16)14-26-17-5-3-2-4-6-17/h2-10,18,21H,11-14H2,1H3. The Labute approximate surface area is 157 Å². The third-order valence-electron chi connectivity index (χ3n) is 4.60. The Morgan fingerprint density at radius 3 is 2.73 bits per heavy atom. The molecule has 1 aliphatic rings. The van der Waals surface area contributed by atoms with Gasteiger partial charge in [-0.05, 0) is 36.9 Å². The number of nitrogens with zero attached hydrogens (tertiary/aromatic N) is 3. The summed E-state index contributed by atoms with van der Waals surface area (Å²) in [6.07, 6.45) is 0. The van der Waals surface area contributed by atoms with Crippen LogP contribution in [0.3, 0.4) is 0 Å². The predicted octanol–water partition coefficient (Wildman–Crippen LogP) is 3.61. The summed E-state index contributed by atoms with van der Waals surface area (Å²) in [6.45, 7) is 2.84. The third kappa shape index (κ3) is 3.98. The van der Waals surface area contributed by atoms with Crippen LogP contribution in [0.25, 0.3) is 11.5 Å². The van der Waals surface area contributed by atoms with E-state index in [0.717, 1.165) is 36.8 Å². The lowest BCUT2D eigenvalue weighted by atomic mass is 10.1. The molecule has 0 saturated carbocycles. The second-order valence-electron chi connectivity index (χ2n) is 6.46. The van der Waals surface area contributed by atoms with Crippen LogP contribution in [0.15, 0.2) is 64.0 Å². The van der Waals surface area contributed by atoms with Crippen LogP contribution in [0.4, 0.5) is 0 Å². The second-order valence-corrected chi connectivity index (χ2v) is 7.51. The normalized spacial score (nSPS) is 18.1. The molecular formula is C20H22N4OS. The van der Waals surface area contributed by atoms with E-state index in [9.17, 15) is 0 Å². The molecule has 134 valence electrons. The maximum Gasteiger partial charge on any atom is 0.257 e. The molecule has 1 aliphatic heterocycles. The van der Waals surface area contributed by atoms with Gasteiger partial charge < -0.3 is 9.84 Å². The van der Waals surface area contributed by atoms with Crippen LogP contribution in [0.1, 0.15) is 17.4 Å². The van der Waals surface area contributed by atoms with Gasteiger partial charge in [-0.3, -0.25) is 4.90 Å². The van der Waals surface area contributed by atoms with Crippen molar-refractivity contribution in [2.45, 2.75) is 16.7 Å². The van der Waals surface area contributed by atoms with Crippen molar-refractivity contribution in [3.8, 4) is 11.5 Å². The van der Waals surface area contributed by atoms with E-state index >= 15 is 0 Å². The van der Waals surface area contributed by atoms with E-state index in [2.05, 4.69) is 75.9 Å². The van der Waals surface area contributed by atoms with Gasteiger partial charge in [-0.2, -0.15) is 4.98 Å². The van der Waals surface area contributed by atoms with Crippen LogP contribution in [-0.4, -0.2) is 41.7 Å². The molecule has 1 N–H and O–H groups in total. The molecule has 1 unspecified atom stereocenters. The summed E-state index contributed by atoms with van der Waals surface area (Å²) in [6, 6.07) is 19.0. The molecule has 26 heavy (non-hydrogen) atoms. The van der Waals surface area contributed by atoms with Crippen LogP contribution in [-0.2, 0) is 5.75 Å². The summed E-state index contributed by atoms with van der Waals surface area (Å²) in [5.74, 6) is 2.28. The monoisotopic (exact) mass is 366 g/mol. The molecule has 0 aliphatic carbocycles. The maximum atomic E-state index is 5.50. The molecule has 5 nitrogen and oxygen atoms in total. The first-order valence-electron chi connectivity index (χ1n) is 8.81. The number of benzene rings is 2. The Morgan fingerprint density at radius 2 is 1.96 bits per heavy atom. The minimum atomic E-state index is 0.169. The van der Waals surface area contributed by atoms with E-state index in [4.69, 9.17) is 4.52 Å². The van der Waals surface area contributed by atoms with Crippen molar-refractivity contribution in [1.82, 2.24) is 20.4 Å². The van der Waals surface area contributed by atoms with Crippen molar-refractivity contribution < 1.29 is 4.52 Å². The van der Waals surface area contributed by atoms with E-state index in [-0.39, 0.29) is 6.04 Å². The zero-order valence-corrected chi connectivity index (χ0v) is 15.6. The van der Waals surface area contributed by atoms with Gasteiger partial charge in [-0.25, -0.2) is 0 Å². The van der Waals surface area contributed by atoms with Gasteiger partial charge in [0.2, 0.25) is 0 Å². The lowest BCUT2D eigenvalue weighted by molar-refractivity contribution is 0.190. The summed E-state index contributed by atoms with van der Waals surface area (Å²) < 4.78 is 5.50. The van der Waals surface area contributed by atoms with E-state index in [1.165, 1.54) is 10.5 Å². The summed E-state index contributed by atoms with van der Waals surface area (Å²) in [7, 11) is 2.10. The molecule has 6 heteroatoms. The minimum absolute atomic E-state index is 0.169. The number of likely N-dealkylation sites (N-methyl/N-ethyl adjacent to an activating group) is 1. The highest BCUT2D eigenvalue weighted by molar-refractivity contribution is 7.98. The van der Waals surface area contributed by atoms with Gasteiger partial charge in [0.1, 0.15) is 0 Å². The van der Waals surface area contributed by atoms with Crippen molar-refractivity contribution in [1.29, 1.82) is 0 Å². The number of rotatable bonds is 5. The third-order valence-corrected chi connectivity index (χ3v) is 5.68. The largest absolute Gasteiger partial charge is 0.334 e. The molecule has 1 atom stereocenters. The van der Waals surface area contributed by atoms with Gasteiger partial charge in [0, 0.05) is 35.8 Å². The van der Waals surface area contributed by atoms with Crippen molar-refractivity contribution in [3.05, 3.63) is 66.0 Å². The Bertz CT molecular complexity index is 835. The van der Waals surface area contributed by atoms with Crippen molar-refractivity contribution in [2.24, 2.45) is 0 Å². The molecule has 4 rings (SSSR count). The van der Waals surface area contributed by atoms with Crippen LogP contribution < -0.4 is 5.32 Å².